The normalized spacial score (nSPS) is 11.9. The molecule has 0 spiro atoms. The first-order valence-corrected chi connectivity index (χ1v) is 6.57. The minimum Gasteiger partial charge on any atom is -0.341 e. The van der Waals surface area contributed by atoms with Crippen LogP contribution in [0.1, 0.15) is 10.5 Å². The van der Waals surface area contributed by atoms with Gasteiger partial charge >= 0.3 is 0 Å². The number of benzene rings is 1. The van der Waals surface area contributed by atoms with Crippen LogP contribution in [0.15, 0.2) is 29.2 Å². The highest BCUT2D eigenvalue weighted by Crippen LogP contribution is 2.21. The molecule has 0 amide bonds. The molecule has 2 rings (SSSR count). The molecule has 0 aliphatic carbocycles. The van der Waals surface area contributed by atoms with E-state index in [4.69, 9.17) is 0 Å². The maximum atomic E-state index is 11.4. The van der Waals surface area contributed by atoms with Crippen LogP contribution in [0.2, 0.25) is 0 Å². The maximum Gasteiger partial charge on any atom is 0.175 e. The highest BCUT2D eigenvalue weighted by molar-refractivity contribution is 7.90. The third-order valence-electron chi connectivity index (χ3n) is 2.60. The average Bonchev–Trinajstić information content (AvgIpc) is 2.54. The number of aryl methyl sites for hydroxylation is 1. The molecular formula is C11H11NO3S. The first-order valence-electron chi connectivity index (χ1n) is 4.68. The SMILES string of the molecule is Cn1c(C=O)cc2cc(S(C)(=O)=O)ccc21. The third-order valence-corrected chi connectivity index (χ3v) is 3.71. The Kier molecular flexibility index (Phi) is 2.35. The van der Waals surface area contributed by atoms with Gasteiger partial charge in [-0.3, -0.25) is 4.79 Å². The lowest BCUT2D eigenvalue weighted by atomic mass is 10.2. The Morgan fingerprint density at radius 2 is 1.94 bits per heavy atom. The van der Waals surface area contributed by atoms with Crippen LogP contribution in [0, 0.1) is 0 Å². The fraction of sp³-hybridized carbons (Fsp3) is 0.182. The number of carbonyl (C=O) groups excluding carboxylic acids is 1. The molecule has 84 valence electrons. The second-order valence-corrected chi connectivity index (χ2v) is 5.75. The van der Waals surface area contributed by atoms with Gasteiger partial charge in [-0.1, -0.05) is 0 Å². The van der Waals surface area contributed by atoms with E-state index < -0.39 is 9.84 Å². The number of rotatable bonds is 2. The summed E-state index contributed by atoms with van der Waals surface area (Å²) in [4.78, 5) is 11.0. The molecule has 0 N–H and O–H groups in total. The summed E-state index contributed by atoms with van der Waals surface area (Å²) in [6.07, 6.45) is 1.91. The Balaban J connectivity index is 2.78. The van der Waals surface area contributed by atoms with E-state index in [1.54, 1.807) is 35.9 Å². The molecule has 0 saturated heterocycles. The van der Waals surface area contributed by atoms with Crippen molar-refractivity contribution in [3.05, 3.63) is 30.0 Å². The molecule has 4 nitrogen and oxygen atoms in total. The topological polar surface area (TPSA) is 56.1 Å². The number of hydrogen-bond acceptors (Lipinski definition) is 3. The van der Waals surface area contributed by atoms with Crippen LogP contribution in [0.5, 0.6) is 0 Å². The second-order valence-electron chi connectivity index (χ2n) is 3.74. The quantitative estimate of drug-likeness (QED) is 0.742. The highest BCUT2D eigenvalue weighted by atomic mass is 32.2. The van der Waals surface area contributed by atoms with Crippen LogP contribution >= 0.6 is 0 Å². The van der Waals surface area contributed by atoms with Crippen LogP contribution in [-0.2, 0) is 16.9 Å². The van der Waals surface area contributed by atoms with Gasteiger partial charge in [-0.2, -0.15) is 0 Å². The van der Waals surface area contributed by atoms with Crippen molar-refractivity contribution in [1.29, 1.82) is 0 Å². The van der Waals surface area contributed by atoms with Crippen molar-refractivity contribution in [3.63, 3.8) is 0 Å². The molecule has 2 aromatic rings. The van der Waals surface area contributed by atoms with E-state index in [0.717, 1.165) is 23.4 Å². The zero-order valence-electron chi connectivity index (χ0n) is 8.97. The van der Waals surface area contributed by atoms with Crippen molar-refractivity contribution in [2.75, 3.05) is 6.26 Å². The molecule has 0 atom stereocenters. The maximum absolute atomic E-state index is 11.4. The number of fused-ring (bicyclic) bond motifs is 1. The minimum atomic E-state index is -3.20. The lowest BCUT2D eigenvalue weighted by Crippen LogP contribution is -1.97. The molecule has 1 aromatic heterocycles. The van der Waals surface area contributed by atoms with Crippen LogP contribution in [0.3, 0.4) is 0 Å². The number of sulfone groups is 1. The van der Waals surface area contributed by atoms with Gasteiger partial charge in [0, 0.05) is 24.2 Å². The lowest BCUT2D eigenvalue weighted by molar-refractivity contribution is 0.111. The van der Waals surface area contributed by atoms with Crippen molar-refractivity contribution >= 4 is 27.0 Å². The van der Waals surface area contributed by atoms with Gasteiger partial charge in [0.05, 0.1) is 10.6 Å². The molecular weight excluding hydrogens is 226 g/mol. The van der Waals surface area contributed by atoms with Gasteiger partial charge in [-0.25, -0.2) is 8.42 Å². The Hall–Kier alpha value is -1.62. The van der Waals surface area contributed by atoms with Crippen molar-refractivity contribution in [2.24, 2.45) is 7.05 Å². The molecule has 0 fully saturated rings. The molecule has 1 aromatic carbocycles. The summed E-state index contributed by atoms with van der Waals surface area (Å²) in [7, 11) is -1.43. The van der Waals surface area contributed by atoms with E-state index in [-0.39, 0.29) is 4.90 Å². The molecule has 0 bridgehead atoms. The summed E-state index contributed by atoms with van der Waals surface area (Å²) < 4.78 is 24.5. The smallest absolute Gasteiger partial charge is 0.175 e. The molecule has 1 heterocycles. The van der Waals surface area contributed by atoms with Crippen LogP contribution in [0.25, 0.3) is 10.9 Å². The van der Waals surface area contributed by atoms with E-state index in [1.165, 1.54) is 0 Å². The lowest BCUT2D eigenvalue weighted by Gasteiger charge is -2.00. The minimum absolute atomic E-state index is 0.267. The third kappa shape index (κ3) is 1.63. The summed E-state index contributed by atoms with van der Waals surface area (Å²) >= 11 is 0. The van der Waals surface area contributed by atoms with Gasteiger partial charge < -0.3 is 4.57 Å². The van der Waals surface area contributed by atoms with Gasteiger partial charge in [0.1, 0.15) is 0 Å². The number of aromatic nitrogens is 1. The van der Waals surface area contributed by atoms with E-state index in [1.807, 2.05) is 0 Å². The van der Waals surface area contributed by atoms with Crippen LogP contribution < -0.4 is 0 Å². The molecule has 0 radical (unpaired) electrons. The number of carbonyl (C=O) groups is 1. The zero-order chi connectivity index (χ0) is 11.9. The first kappa shape index (κ1) is 10.9. The molecule has 0 saturated carbocycles. The van der Waals surface area contributed by atoms with E-state index in [9.17, 15) is 13.2 Å². The van der Waals surface area contributed by atoms with Crippen molar-refractivity contribution in [3.8, 4) is 0 Å². The number of aldehydes is 1. The molecule has 16 heavy (non-hydrogen) atoms. The molecule has 0 aliphatic rings. The standard InChI is InChI=1S/C11H11NO3S/c1-12-9(7-13)5-8-6-10(16(2,14)15)3-4-11(8)12/h3-7H,1-2H3. The zero-order valence-corrected chi connectivity index (χ0v) is 9.78. The fourth-order valence-corrected chi connectivity index (χ4v) is 2.35. The van der Waals surface area contributed by atoms with Crippen LogP contribution in [0.4, 0.5) is 0 Å². The number of hydrogen-bond donors (Lipinski definition) is 0. The van der Waals surface area contributed by atoms with Gasteiger partial charge in [0.25, 0.3) is 0 Å². The van der Waals surface area contributed by atoms with Crippen molar-refractivity contribution in [1.82, 2.24) is 4.57 Å². The summed E-state index contributed by atoms with van der Waals surface area (Å²) in [5, 5.41) is 0.757. The van der Waals surface area contributed by atoms with Crippen LogP contribution in [-0.4, -0.2) is 25.5 Å². The summed E-state index contributed by atoms with van der Waals surface area (Å²) in [5.74, 6) is 0. The molecule has 0 aliphatic heterocycles. The van der Waals surface area contributed by atoms with E-state index in [2.05, 4.69) is 0 Å². The molecule has 5 heteroatoms. The fourth-order valence-electron chi connectivity index (χ4n) is 1.69. The largest absolute Gasteiger partial charge is 0.341 e. The summed E-state index contributed by atoms with van der Waals surface area (Å²) in [6, 6.07) is 6.51. The van der Waals surface area contributed by atoms with Gasteiger partial charge in [0.2, 0.25) is 0 Å². The van der Waals surface area contributed by atoms with E-state index >= 15 is 0 Å². The first-order chi connectivity index (χ1) is 7.43. The van der Waals surface area contributed by atoms with Crippen molar-refractivity contribution in [2.45, 2.75) is 4.90 Å². The summed E-state index contributed by atoms with van der Waals surface area (Å²) in [6.45, 7) is 0. The monoisotopic (exact) mass is 237 g/mol. The molecule has 0 unspecified atom stereocenters. The Morgan fingerprint density at radius 1 is 1.25 bits per heavy atom. The van der Waals surface area contributed by atoms with Gasteiger partial charge in [0.15, 0.2) is 16.1 Å². The van der Waals surface area contributed by atoms with Crippen molar-refractivity contribution < 1.29 is 13.2 Å². The average molecular weight is 237 g/mol. The Morgan fingerprint density at radius 3 is 2.50 bits per heavy atom. The second kappa shape index (κ2) is 3.45. The predicted octanol–water partition coefficient (Wildman–Crippen LogP) is 1.39. The Labute approximate surface area is 93.4 Å². The highest BCUT2D eigenvalue weighted by Gasteiger charge is 2.10. The Bertz CT molecular complexity index is 668. The van der Waals surface area contributed by atoms with E-state index in [0.29, 0.717) is 5.69 Å². The van der Waals surface area contributed by atoms with Gasteiger partial charge in [-0.05, 0) is 24.3 Å². The number of nitrogens with zero attached hydrogens (tertiary/aromatic N) is 1. The predicted molar refractivity (Wildman–Crippen MR) is 61.4 cm³/mol. The van der Waals surface area contributed by atoms with Gasteiger partial charge in [-0.15, -0.1) is 0 Å². The summed E-state index contributed by atoms with van der Waals surface area (Å²) in [5.41, 5.74) is 1.37.